The molecule has 5 heteroatoms. The highest BCUT2D eigenvalue weighted by Gasteiger charge is 2.50. The van der Waals surface area contributed by atoms with Crippen LogP contribution < -0.4 is 0 Å². The van der Waals surface area contributed by atoms with Crippen LogP contribution >= 0.6 is 11.6 Å². The smallest absolute Gasteiger partial charge is 0.225 e. The van der Waals surface area contributed by atoms with E-state index in [2.05, 4.69) is 0 Å². The molecule has 0 atom stereocenters. The molecule has 0 bridgehead atoms. The Morgan fingerprint density at radius 3 is 2.42 bits per heavy atom. The van der Waals surface area contributed by atoms with Crippen LogP contribution in [0.15, 0.2) is 42.7 Å². The van der Waals surface area contributed by atoms with E-state index < -0.39 is 5.67 Å². The molecule has 2 aliphatic rings. The normalized spacial score (nSPS) is 25.8. The SMILES string of the molecule is O=C(C1CC(F)(c2ccc(Cn3ccc(Cl)c3)cc2)C1)N1CCCCC1. The van der Waals surface area contributed by atoms with E-state index in [1.165, 1.54) is 6.42 Å². The Labute approximate surface area is 158 Å². The van der Waals surface area contributed by atoms with Gasteiger partial charge < -0.3 is 9.47 Å². The summed E-state index contributed by atoms with van der Waals surface area (Å²) in [5.74, 6) is -0.00104. The van der Waals surface area contributed by atoms with E-state index in [4.69, 9.17) is 11.6 Å². The largest absolute Gasteiger partial charge is 0.348 e. The lowest BCUT2D eigenvalue weighted by molar-refractivity contribution is -0.146. The number of likely N-dealkylation sites (tertiary alicyclic amines) is 1. The fourth-order valence-electron chi connectivity index (χ4n) is 4.13. The molecular formula is C21H24ClFN2O. The number of benzene rings is 1. The fourth-order valence-corrected chi connectivity index (χ4v) is 4.32. The first kappa shape index (κ1) is 17.6. The van der Waals surface area contributed by atoms with Crippen molar-refractivity contribution in [3.63, 3.8) is 0 Å². The van der Waals surface area contributed by atoms with Crippen LogP contribution in [0.1, 0.15) is 43.2 Å². The van der Waals surface area contributed by atoms with Gasteiger partial charge in [0.2, 0.25) is 5.91 Å². The molecule has 0 spiro atoms. The third kappa shape index (κ3) is 3.52. The van der Waals surface area contributed by atoms with Crippen molar-refractivity contribution in [3.05, 3.63) is 58.9 Å². The summed E-state index contributed by atoms with van der Waals surface area (Å²) in [7, 11) is 0. The Morgan fingerprint density at radius 2 is 1.81 bits per heavy atom. The summed E-state index contributed by atoms with van der Waals surface area (Å²) in [6.45, 7) is 2.39. The van der Waals surface area contributed by atoms with Crippen molar-refractivity contribution in [1.82, 2.24) is 9.47 Å². The van der Waals surface area contributed by atoms with Crippen molar-refractivity contribution in [1.29, 1.82) is 0 Å². The van der Waals surface area contributed by atoms with Crippen LogP contribution in [0, 0.1) is 5.92 Å². The molecule has 1 aromatic carbocycles. The molecule has 1 amide bonds. The molecule has 3 nitrogen and oxygen atoms in total. The third-order valence-electron chi connectivity index (χ3n) is 5.71. The zero-order chi connectivity index (χ0) is 18.1. The molecule has 1 aliphatic carbocycles. The Morgan fingerprint density at radius 1 is 1.12 bits per heavy atom. The van der Waals surface area contributed by atoms with Crippen molar-refractivity contribution < 1.29 is 9.18 Å². The van der Waals surface area contributed by atoms with Crippen LogP contribution in [0.2, 0.25) is 5.02 Å². The van der Waals surface area contributed by atoms with Crippen molar-refractivity contribution in [2.24, 2.45) is 5.92 Å². The molecule has 1 saturated carbocycles. The number of amides is 1. The van der Waals surface area contributed by atoms with Gasteiger partial charge in [-0.2, -0.15) is 0 Å². The highest BCUT2D eigenvalue weighted by molar-refractivity contribution is 6.30. The van der Waals surface area contributed by atoms with Crippen LogP contribution in [0.25, 0.3) is 0 Å². The van der Waals surface area contributed by atoms with Crippen LogP contribution in [0.4, 0.5) is 4.39 Å². The number of carbonyl (C=O) groups is 1. The summed E-state index contributed by atoms with van der Waals surface area (Å²) in [6, 6.07) is 9.50. The zero-order valence-corrected chi connectivity index (χ0v) is 15.6. The molecule has 1 aliphatic heterocycles. The van der Waals surface area contributed by atoms with Gasteiger partial charge in [-0.15, -0.1) is 0 Å². The molecule has 4 rings (SSSR count). The number of piperidine rings is 1. The minimum Gasteiger partial charge on any atom is -0.348 e. The number of carbonyl (C=O) groups excluding carboxylic acids is 1. The third-order valence-corrected chi connectivity index (χ3v) is 5.93. The van der Waals surface area contributed by atoms with Gasteiger partial charge in [0.05, 0.1) is 5.02 Å². The number of alkyl halides is 1. The zero-order valence-electron chi connectivity index (χ0n) is 14.8. The number of nitrogens with zero attached hydrogens (tertiary/aromatic N) is 2. The molecule has 1 aromatic heterocycles. The van der Waals surface area contributed by atoms with Gasteiger partial charge in [0.1, 0.15) is 5.67 Å². The maximum Gasteiger partial charge on any atom is 0.225 e. The van der Waals surface area contributed by atoms with Crippen molar-refractivity contribution in [2.75, 3.05) is 13.1 Å². The highest BCUT2D eigenvalue weighted by atomic mass is 35.5. The lowest BCUT2D eigenvalue weighted by Crippen LogP contribution is -2.48. The van der Waals surface area contributed by atoms with Crippen LogP contribution in [-0.4, -0.2) is 28.5 Å². The molecule has 2 heterocycles. The lowest BCUT2D eigenvalue weighted by Gasteiger charge is -2.43. The summed E-state index contributed by atoms with van der Waals surface area (Å²) >= 11 is 5.93. The van der Waals surface area contributed by atoms with E-state index in [1.54, 1.807) is 0 Å². The quantitative estimate of drug-likeness (QED) is 0.756. The molecule has 138 valence electrons. The number of hydrogen-bond acceptors (Lipinski definition) is 1. The van der Waals surface area contributed by atoms with E-state index in [-0.39, 0.29) is 11.8 Å². The van der Waals surface area contributed by atoms with E-state index in [1.807, 2.05) is 52.2 Å². The second kappa shape index (κ2) is 7.07. The van der Waals surface area contributed by atoms with Crippen molar-refractivity contribution >= 4 is 17.5 Å². The van der Waals surface area contributed by atoms with Crippen LogP contribution in [0.5, 0.6) is 0 Å². The molecule has 0 unspecified atom stereocenters. The highest BCUT2D eigenvalue weighted by Crippen LogP contribution is 2.49. The Hall–Kier alpha value is -1.81. The topological polar surface area (TPSA) is 25.2 Å². The predicted molar refractivity (Wildman–Crippen MR) is 101 cm³/mol. The monoisotopic (exact) mass is 374 g/mol. The minimum absolute atomic E-state index is 0.152. The van der Waals surface area contributed by atoms with Gasteiger partial charge in [0, 0.05) is 37.9 Å². The molecule has 2 fully saturated rings. The van der Waals surface area contributed by atoms with Crippen LogP contribution in [-0.2, 0) is 17.0 Å². The van der Waals surface area contributed by atoms with Gasteiger partial charge in [-0.25, -0.2) is 4.39 Å². The average Bonchev–Trinajstić information content (AvgIpc) is 3.04. The predicted octanol–water partition coefficient (Wildman–Crippen LogP) is 4.78. The molecular weight excluding hydrogens is 351 g/mol. The Bertz CT molecular complexity index is 774. The van der Waals surface area contributed by atoms with Crippen LogP contribution in [0.3, 0.4) is 0 Å². The summed E-state index contributed by atoms with van der Waals surface area (Å²) in [5, 5.41) is 0.711. The van der Waals surface area contributed by atoms with Gasteiger partial charge in [-0.1, -0.05) is 35.9 Å². The molecule has 1 saturated heterocycles. The Kier molecular flexibility index (Phi) is 4.78. The van der Waals surface area contributed by atoms with E-state index >= 15 is 4.39 Å². The number of halogens is 2. The lowest BCUT2D eigenvalue weighted by atomic mass is 9.68. The van der Waals surface area contributed by atoms with Gasteiger partial charge >= 0.3 is 0 Å². The van der Waals surface area contributed by atoms with Gasteiger partial charge in [-0.05, 0) is 49.3 Å². The van der Waals surface area contributed by atoms with Gasteiger partial charge in [0.15, 0.2) is 0 Å². The van der Waals surface area contributed by atoms with E-state index in [0.29, 0.717) is 30.0 Å². The standard InChI is InChI=1S/C21H24ClFN2O/c22-19-8-11-24(15-19)14-16-4-6-18(7-5-16)21(23)12-17(13-21)20(26)25-9-2-1-3-10-25/h4-8,11,15,17H,1-3,9-10,12-14H2. The van der Waals surface area contributed by atoms with Gasteiger partial charge in [0.25, 0.3) is 0 Å². The summed E-state index contributed by atoms with van der Waals surface area (Å²) in [5.41, 5.74) is 0.435. The van der Waals surface area contributed by atoms with Crippen molar-refractivity contribution in [2.45, 2.75) is 44.3 Å². The average molecular weight is 375 g/mol. The fraction of sp³-hybridized carbons (Fsp3) is 0.476. The Balaban J connectivity index is 1.36. The number of aromatic nitrogens is 1. The minimum atomic E-state index is -1.36. The second-order valence-electron chi connectivity index (χ2n) is 7.66. The maximum atomic E-state index is 15.2. The van der Waals surface area contributed by atoms with Gasteiger partial charge in [-0.3, -0.25) is 4.79 Å². The first-order chi connectivity index (χ1) is 12.5. The van der Waals surface area contributed by atoms with E-state index in [0.717, 1.165) is 31.5 Å². The molecule has 2 aromatic rings. The first-order valence-corrected chi connectivity index (χ1v) is 9.80. The maximum absolute atomic E-state index is 15.2. The molecule has 0 radical (unpaired) electrons. The summed E-state index contributed by atoms with van der Waals surface area (Å²) < 4.78 is 17.2. The van der Waals surface area contributed by atoms with Crippen molar-refractivity contribution in [3.8, 4) is 0 Å². The summed E-state index contributed by atoms with van der Waals surface area (Å²) in [6.07, 6.45) is 7.78. The number of rotatable bonds is 4. The van der Waals surface area contributed by atoms with E-state index in [9.17, 15) is 4.79 Å². The number of hydrogen-bond donors (Lipinski definition) is 0. The summed E-state index contributed by atoms with van der Waals surface area (Å²) in [4.78, 5) is 14.4. The molecule has 26 heavy (non-hydrogen) atoms. The second-order valence-corrected chi connectivity index (χ2v) is 8.09. The molecule has 0 N–H and O–H groups in total. The first-order valence-electron chi connectivity index (χ1n) is 9.42.